The SMILES string of the molecule is c1ccc(-c2cc(NCCCN3CCCCCC3)on2)cc1. The van der Waals surface area contributed by atoms with Gasteiger partial charge < -0.3 is 14.7 Å². The van der Waals surface area contributed by atoms with Crippen LogP contribution in [-0.2, 0) is 0 Å². The van der Waals surface area contributed by atoms with Crippen molar-refractivity contribution in [2.24, 2.45) is 0 Å². The molecule has 0 unspecified atom stereocenters. The molecule has 4 heteroatoms. The van der Waals surface area contributed by atoms with Gasteiger partial charge >= 0.3 is 0 Å². The van der Waals surface area contributed by atoms with Crippen LogP contribution in [0.15, 0.2) is 40.9 Å². The number of anilines is 1. The molecule has 1 aliphatic heterocycles. The van der Waals surface area contributed by atoms with Crippen LogP contribution in [0.5, 0.6) is 0 Å². The summed E-state index contributed by atoms with van der Waals surface area (Å²) in [6.07, 6.45) is 6.65. The van der Waals surface area contributed by atoms with E-state index in [1.165, 1.54) is 45.3 Å². The average Bonchev–Trinajstić information content (AvgIpc) is 2.88. The van der Waals surface area contributed by atoms with E-state index >= 15 is 0 Å². The summed E-state index contributed by atoms with van der Waals surface area (Å²) in [5, 5.41) is 7.45. The molecule has 1 aliphatic rings. The lowest BCUT2D eigenvalue weighted by molar-refractivity contribution is 0.284. The Kier molecular flexibility index (Phi) is 5.48. The molecular formula is C18H25N3O. The molecule has 1 fully saturated rings. The van der Waals surface area contributed by atoms with Crippen LogP contribution in [0.3, 0.4) is 0 Å². The van der Waals surface area contributed by atoms with Crippen molar-refractivity contribution in [1.29, 1.82) is 0 Å². The minimum Gasteiger partial charge on any atom is -0.354 e. The van der Waals surface area contributed by atoms with E-state index in [0.717, 1.165) is 30.1 Å². The lowest BCUT2D eigenvalue weighted by Gasteiger charge is -2.19. The fraction of sp³-hybridized carbons (Fsp3) is 0.500. The Labute approximate surface area is 132 Å². The van der Waals surface area contributed by atoms with Gasteiger partial charge in [-0.1, -0.05) is 48.3 Å². The number of rotatable bonds is 6. The van der Waals surface area contributed by atoms with Gasteiger partial charge in [-0.15, -0.1) is 0 Å². The topological polar surface area (TPSA) is 41.3 Å². The van der Waals surface area contributed by atoms with Gasteiger partial charge in [0, 0.05) is 18.2 Å². The highest BCUT2D eigenvalue weighted by Crippen LogP contribution is 2.21. The van der Waals surface area contributed by atoms with Gasteiger partial charge in [0.25, 0.3) is 0 Å². The normalized spacial score (nSPS) is 16.4. The van der Waals surface area contributed by atoms with E-state index in [0.29, 0.717) is 0 Å². The molecule has 0 atom stereocenters. The molecule has 0 radical (unpaired) electrons. The molecule has 2 heterocycles. The minimum atomic E-state index is 0.759. The molecule has 4 nitrogen and oxygen atoms in total. The zero-order valence-electron chi connectivity index (χ0n) is 13.1. The Morgan fingerprint density at radius 2 is 1.82 bits per heavy atom. The number of hydrogen-bond acceptors (Lipinski definition) is 4. The average molecular weight is 299 g/mol. The molecule has 1 N–H and O–H groups in total. The zero-order valence-corrected chi connectivity index (χ0v) is 13.1. The summed E-state index contributed by atoms with van der Waals surface area (Å²) < 4.78 is 5.36. The molecule has 0 spiro atoms. The van der Waals surface area contributed by atoms with E-state index in [-0.39, 0.29) is 0 Å². The summed E-state index contributed by atoms with van der Waals surface area (Å²) in [6.45, 7) is 4.63. The second-order valence-electron chi connectivity index (χ2n) is 5.98. The van der Waals surface area contributed by atoms with Crippen LogP contribution in [0.1, 0.15) is 32.1 Å². The van der Waals surface area contributed by atoms with Crippen LogP contribution in [0.4, 0.5) is 5.88 Å². The Hall–Kier alpha value is -1.81. The predicted octanol–water partition coefficient (Wildman–Crippen LogP) is 4.02. The van der Waals surface area contributed by atoms with Crippen molar-refractivity contribution in [3.8, 4) is 11.3 Å². The summed E-state index contributed by atoms with van der Waals surface area (Å²) in [5.74, 6) is 0.759. The summed E-state index contributed by atoms with van der Waals surface area (Å²) >= 11 is 0. The van der Waals surface area contributed by atoms with E-state index < -0.39 is 0 Å². The third kappa shape index (κ3) is 4.34. The standard InChI is InChI=1S/C18H25N3O/c1-2-7-13-21(12-6-1)14-8-11-19-18-15-17(20-22-18)16-9-4-3-5-10-16/h3-5,9-10,15,19H,1-2,6-8,11-14H2. The van der Waals surface area contributed by atoms with E-state index in [4.69, 9.17) is 4.52 Å². The van der Waals surface area contributed by atoms with Gasteiger partial charge in [0.05, 0.1) is 0 Å². The molecule has 1 aromatic carbocycles. The number of nitrogens with zero attached hydrogens (tertiary/aromatic N) is 2. The fourth-order valence-electron chi connectivity index (χ4n) is 2.98. The van der Waals surface area contributed by atoms with E-state index in [2.05, 4.69) is 15.4 Å². The van der Waals surface area contributed by atoms with Crippen LogP contribution < -0.4 is 5.32 Å². The predicted molar refractivity (Wildman–Crippen MR) is 90.0 cm³/mol. The van der Waals surface area contributed by atoms with Crippen molar-refractivity contribution < 1.29 is 4.52 Å². The van der Waals surface area contributed by atoms with Crippen LogP contribution in [-0.4, -0.2) is 36.2 Å². The van der Waals surface area contributed by atoms with Crippen LogP contribution >= 0.6 is 0 Å². The molecule has 0 aliphatic carbocycles. The van der Waals surface area contributed by atoms with Crippen LogP contribution in [0.2, 0.25) is 0 Å². The van der Waals surface area contributed by atoms with Gasteiger partial charge in [-0.3, -0.25) is 0 Å². The summed E-state index contributed by atoms with van der Waals surface area (Å²) in [6, 6.07) is 12.1. The minimum absolute atomic E-state index is 0.759. The van der Waals surface area contributed by atoms with Crippen molar-refractivity contribution in [3.05, 3.63) is 36.4 Å². The second-order valence-corrected chi connectivity index (χ2v) is 5.98. The lowest BCUT2D eigenvalue weighted by atomic mass is 10.2. The van der Waals surface area contributed by atoms with Crippen molar-refractivity contribution in [3.63, 3.8) is 0 Å². The summed E-state index contributed by atoms with van der Waals surface area (Å²) in [4.78, 5) is 2.59. The largest absolute Gasteiger partial charge is 0.354 e. The fourth-order valence-corrected chi connectivity index (χ4v) is 2.98. The highest BCUT2D eigenvalue weighted by Gasteiger charge is 2.09. The maximum atomic E-state index is 5.36. The van der Waals surface area contributed by atoms with E-state index in [9.17, 15) is 0 Å². The van der Waals surface area contributed by atoms with Crippen molar-refractivity contribution in [2.45, 2.75) is 32.1 Å². The lowest BCUT2D eigenvalue weighted by Crippen LogP contribution is -2.27. The summed E-state index contributed by atoms with van der Waals surface area (Å²) in [5.41, 5.74) is 1.97. The molecule has 2 aromatic rings. The highest BCUT2D eigenvalue weighted by atomic mass is 16.5. The van der Waals surface area contributed by atoms with E-state index in [1.807, 2.05) is 36.4 Å². The Bertz CT molecular complexity index is 544. The molecule has 0 bridgehead atoms. The monoisotopic (exact) mass is 299 g/mol. The Morgan fingerprint density at radius 1 is 1.05 bits per heavy atom. The zero-order chi connectivity index (χ0) is 15.0. The number of likely N-dealkylation sites (tertiary alicyclic amines) is 1. The van der Waals surface area contributed by atoms with E-state index in [1.54, 1.807) is 0 Å². The molecule has 118 valence electrons. The number of nitrogens with one attached hydrogen (secondary N) is 1. The molecule has 3 rings (SSSR count). The van der Waals surface area contributed by atoms with Gasteiger partial charge in [0.1, 0.15) is 5.69 Å². The van der Waals surface area contributed by atoms with Gasteiger partial charge in [0.2, 0.25) is 5.88 Å². The molecule has 0 saturated carbocycles. The third-order valence-corrected chi connectivity index (χ3v) is 4.23. The number of aromatic nitrogens is 1. The van der Waals surface area contributed by atoms with Crippen molar-refractivity contribution >= 4 is 5.88 Å². The van der Waals surface area contributed by atoms with Gasteiger partial charge in [-0.2, -0.15) is 0 Å². The maximum absolute atomic E-state index is 5.36. The Morgan fingerprint density at radius 3 is 2.59 bits per heavy atom. The Balaban J connectivity index is 1.41. The number of hydrogen-bond donors (Lipinski definition) is 1. The highest BCUT2D eigenvalue weighted by molar-refractivity contribution is 5.61. The number of benzene rings is 1. The quantitative estimate of drug-likeness (QED) is 0.818. The molecule has 1 aromatic heterocycles. The first-order valence-electron chi connectivity index (χ1n) is 8.40. The van der Waals surface area contributed by atoms with Gasteiger partial charge in [0.15, 0.2) is 0 Å². The maximum Gasteiger partial charge on any atom is 0.225 e. The van der Waals surface area contributed by atoms with Gasteiger partial charge in [-0.05, 0) is 38.9 Å². The van der Waals surface area contributed by atoms with Crippen molar-refractivity contribution in [2.75, 3.05) is 31.5 Å². The van der Waals surface area contributed by atoms with Crippen LogP contribution in [0, 0.1) is 0 Å². The molecule has 1 saturated heterocycles. The van der Waals surface area contributed by atoms with Crippen LogP contribution in [0.25, 0.3) is 11.3 Å². The first-order chi connectivity index (χ1) is 10.9. The molecule has 22 heavy (non-hydrogen) atoms. The molecule has 0 amide bonds. The molecular weight excluding hydrogens is 274 g/mol. The third-order valence-electron chi connectivity index (χ3n) is 4.23. The van der Waals surface area contributed by atoms with Crippen molar-refractivity contribution in [1.82, 2.24) is 10.1 Å². The summed E-state index contributed by atoms with van der Waals surface area (Å²) in [7, 11) is 0. The first-order valence-corrected chi connectivity index (χ1v) is 8.40. The first kappa shape index (κ1) is 15.1. The smallest absolute Gasteiger partial charge is 0.225 e. The van der Waals surface area contributed by atoms with Gasteiger partial charge in [-0.25, -0.2) is 0 Å². The second kappa shape index (κ2) is 7.99.